The summed E-state index contributed by atoms with van der Waals surface area (Å²) in [6.07, 6.45) is -0.345. The van der Waals surface area contributed by atoms with Crippen molar-refractivity contribution in [2.24, 2.45) is 0 Å². The second-order valence-electron chi connectivity index (χ2n) is 6.34. The van der Waals surface area contributed by atoms with Gasteiger partial charge < -0.3 is 4.74 Å². The monoisotopic (exact) mass is 431 g/mol. The maximum absolute atomic E-state index is 6.44. The topological polar surface area (TPSA) is 39.9 Å². The smallest absolute Gasteiger partial charge is 0.113 e. The molecule has 0 spiro atoms. The third-order valence-electron chi connectivity index (χ3n) is 4.33. The minimum absolute atomic E-state index is 0.345. The number of benzene rings is 3. The number of aromatic nitrogens is 3. The van der Waals surface area contributed by atoms with Crippen LogP contribution in [0.25, 0.3) is 11.0 Å². The van der Waals surface area contributed by atoms with Crippen molar-refractivity contribution < 1.29 is 4.74 Å². The molecule has 0 aliphatic carbocycles. The van der Waals surface area contributed by atoms with Crippen LogP contribution in [0.5, 0.6) is 0 Å². The van der Waals surface area contributed by atoms with Crippen molar-refractivity contribution in [1.82, 2.24) is 15.0 Å². The summed E-state index contributed by atoms with van der Waals surface area (Å²) < 4.78 is 6.20. The summed E-state index contributed by atoms with van der Waals surface area (Å²) in [7, 11) is 0. The van der Waals surface area contributed by atoms with E-state index in [-0.39, 0.29) is 6.10 Å². The van der Waals surface area contributed by atoms with Crippen molar-refractivity contribution in [2.75, 3.05) is 0 Å². The van der Waals surface area contributed by atoms with E-state index in [1.54, 1.807) is 16.9 Å². The van der Waals surface area contributed by atoms with Crippen molar-refractivity contribution in [1.29, 1.82) is 0 Å². The lowest BCUT2D eigenvalue weighted by Crippen LogP contribution is -2.15. The standard InChI is InChI=1S/C21H16Cl3N3O/c22-15-7-5-14(6-8-15)13-28-21(17-10-9-16(23)11-18(17)24)12-27-25-19-3-1-2-4-20(19)26-27/h1-11,21H,12-13H2. The average Bonchev–Trinajstić information content (AvgIpc) is 3.09. The number of fused-ring (bicyclic) bond motifs is 1. The first-order valence-electron chi connectivity index (χ1n) is 8.69. The highest BCUT2D eigenvalue weighted by Crippen LogP contribution is 2.30. The molecular weight excluding hydrogens is 417 g/mol. The van der Waals surface area contributed by atoms with Crippen LogP contribution in [0.15, 0.2) is 66.7 Å². The fourth-order valence-corrected chi connectivity index (χ4v) is 3.57. The van der Waals surface area contributed by atoms with Gasteiger partial charge in [-0.05, 0) is 42.0 Å². The van der Waals surface area contributed by atoms with Crippen LogP contribution < -0.4 is 0 Å². The van der Waals surface area contributed by atoms with Crippen molar-refractivity contribution >= 4 is 45.8 Å². The van der Waals surface area contributed by atoms with Crippen LogP contribution in [0.3, 0.4) is 0 Å². The molecule has 0 amide bonds. The summed E-state index contributed by atoms with van der Waals surface area (Å²) in [5.74, 6) is 0. The van der Waals surface area contributed by atoms with Crippen molar-refractivity contribution in [3.63, 3.8) is 0 Å². The quantitative estimate of drug-likeness (QED) is 0.356. The summed E-state index contributed by atoms with van der Waals surface area (Å²) in [5, 5.41) is 10.9. The fourth-order valence-electron chi connectivity index (χ4n) is 2.92. The molecule has 7 heteroatoms. The zero-order chi connectivity index (χ0) is 19.5. The van der Waals surface area contributed by atoms with Gasteiger partial charge in [0.1, 0.15) is 17.1 Å². The van der Waals surface area contributed by atoms with E-state index in [1.807, 2.05) is 54.6 Å². The van der Waals surface area contributed by atoms with Gasteiger partial charge in [-0.25, -0.2) is 0 Å². The summed E-state index contributed by atoms with van der Waals surface area (Å²) >= 11 is 18.5. The molecule has 28 heavy (non-hydrogen) atoms. The van der Waals surface area contributed by atoms with Crippen LogP contribution in [0.4, 0.5) is 0 Å². The number of hydrogen-bond donors (Lipinski definition) is 0. The van der Waals surface area contributed by atoms with Gasteiger partial charge in [0, 0.05) is 20.6 Å². The Bertz CT molecular complexity index is 1060. The molecule has 142 valence electrons. The zero-order valence-electron chi connectivity index (χ0n) is 14.7. The summed E-state index contributed by atoms with van der Waals surface area (Å²) in [6.45, 7) is 0.825. The Morgan fingerprint density at radius 1 is 0.821 bits per heavy atom. The van der Waals surface area contributed by atoms with Crippen LogP contribution in [0, 0.1) is 0 Å². The van der Waals surface area contributed by atoms with Gasteiger partial charge in [-0.15, -0.1) is 0 Å². The number of ether oxygens (including phenoxy) is 1. The van der Waals surface area contributed by atoms with Crippen LogP contribution in [0.1, 0.15) is 17.2 Å². The Morgan fingerprint density at radius 2 is 1.46 bits per heavy atom. The Hall–Kier alpha value is -2.11. The minimum atomic E-state index is -0.345. The summed E-state index contributed by atoms with van der Waals surface area (Å²) in [5.41, 5.74) is 3.52. The maximum atomic E-state index is 6.44. The third kappa shape index (κ3) is 4.47. The predicted octanol–water partition coefficient (Wildman–Crippen LogP) is 6.35. The largest absolute Gasteiger partial charge is 0.367 e. The van der Waals surface area contributed by atoms with Crippen LogP contribution in [-0.2, 0) is 17.9 Å². The van der Waals surface area contributed by atoms with Crippen molar-refractivity contribution in [3.05, 3.63) is 92.9 Å². The Kier molecular flexibility index (Phi) is 5.83. The van der Waals surface area contributed by atoms with Gasteiger partial charge in [0.05, 0.1) is 13.2 Å². The van der Waals surface area contributed by atoms with E-state index in [9.17, 15) is 0 Å². The number of hydrogen-bond acceptors (Lipinski definition) is 3. The molecule has 1 unspecified atom stereocenters. The normalized spacial score (nSPS) is 12.4. The van der Waals surface area contributed by atoms with Crippen molar-refractivity contribution in [3.8, 4) is 0 Å². The van der Waals surface area contributed by atoms with E-state index in [0.29, 0.717) is 28.2 Å². The van der Waals surface area contributed by atoms with Crippen LogP contribution >= 0.6 is 34.8 Å². The highest BCUT2D eigenvalue weighted by Gasteiger charge is 2.18. The first kappa shape index (κ1) is 19.2. The Morgan fingerprint density at radius 3 is 2.11 bits per heavy atom. The van der Waals surface area contributed by atoms with E-state index in [1.165, 1.54) is 0 Å². The molecule has 4 rings (SSSR count). The molecule has 0 N–H and O–H groups in total. The Balaban J connectivity index is 1.61. The molecule has 0 radical (unpaired) electrons. The van der Waals surface area contributed by atoms with Gasteiger partial charge in [0.15, 0.2) is 0 Å². The van der Waals surface area contributed by atoms with E-state index in [2.05, 4.69) is 10.2 Å². The lowest BCUT2D eigenvalue weighted by atomic mass is 10.1. The Labute approximate surface area is 177 Å². The molecule has 1 aromatic heterocycles. The van der Waals surface area contributed by atoms with E-state index in [0.717, 1.165) is 22.2 Å². The molecule has 4 nitrogen and oxygen atoms in total. The predicted molar refractivity (Wildman–Crippen MR) is 113 cm³/mol. The number of rotatable bonds is 6. The molecule has 4 aromatic rings. The molecule has 1 heterocycles. The highest BCUT2D eigenvalue weighted by atomic mass is 35.5. The maximum Gasteiger partial charge on any atom is 0.113 e. The van der Waals surface area contributed by atoms with Crippen LogP contribution in [-0.4, -0.2) is 15.0 Å². The molecule has 0 fully saturated rings. The second kappa shape index (κ2) is 8.50. The number of nitrogens with zero attached hydrogens (tertiary/aromatic N) is 3. The average molecular weight is 433 g/mol. The molecule has 0 saturated heterocycles. The lowest BCUT2D eigenvalue weighted by Gasteiger charge is -2.19. The molecule has 0 bridgehead atoms. The fraction of sp³-hybridized carbons (Fsp3) is 0.143. The molecule has 1 atom stereocenters. The second-order valence-corrected chi connectivity index (χ2v) is 7.62. The summed E-state index contributed by atoms with van der Waals surface area (Å²) in [6, 6.07) is 20.7. The first-order valence-corrected chi connectivity index (χ1v) is 9.83. The van der Waals surface area contributed by atoms with Crippen LogP contribution in [0.2, 0.25) is 15.1 Å². The zero-order valence-corrected chi connectivity index (χ0v) is 17.0. The SMILES string of the molecule is Clc1ccc(COC(Cn2nc3ccccc3n2)c2ccc(Cl)cc2Cl)cc1. The van der Waals surface area contributed by atoms with Gasteiger partial charge in [0.2, 0.25) is 0 Å². The molecule has 0 aliphatic heterocycles. The lowest BCUT2D eigenvalue weighted by molar-refractivity contribution is 0.0232. The third-order valence-corrected chi connectivity index (χ3v) is 5.15. The molecular formula is C21H16Cl3N3O. The van der Waals surface area contributed by atoms with Gasteiger partial charge >= 0.3 is 0 Å². The van der Waals surface area contributed by atoms with Gasteiger partial charge in [-0.1, -0.05) is 65.1 Å². The van der Waals surface area contributed by atoms with Gasteiger partial charge in [-0.3, -0.25) is 0 Å². The van der Waals surface area contributed by atoms with Crippen molar-refractivity contribution in [2.45, 2.75) is 19.3 Å². The van der Waals surface area contributed by atoms with Gasteiger partial charge in [0.25, 0.3) is 0 Å². The molecule has 0 saturated carbocycles. The summed E-state index contributed by atoms with van der Waals surface area (Å²) in [4.78, 5) is 1.64. The molecule has 0 aliphatic rings. The van der Waals surface area contributed by atoms with E-state index in [4.69, 9.17) is 39.5 Å². The minimum Gasteiger partial charge on any atom is -0.367 e. The van der Waals surface area contributed by atoms with E-state index < -0.39 is 0 Å². The van der Waals surface area contributed by atoms with Gasteiger partial charge in [-0.2, -0.15) is 15.0 Å². The van der Waals surface area contributed by atoms with E-state index >= 15 is 0 Å². The first-order chi connectivity index (χ1) is 13.6. The highest BCUT2D eigenvalue weighted by molar-refractivity contribution is 6.35. The molecule has 3 aromatic carbocycles. The number of halogens is 3.